The molecule has 2 unspecified atom stereocenters. The molecule has 0 spiro atoms. The molecule has 12 nitrogen and oxygen atoms in total. The van der Waals surface area contributed by atoms with Crippen LogP contribution in [0.3, 0.4) is 0 Å². The molecule has 15 heteroatoms. The van der Waals surface area contributed by atoms with Gasteiger partial charge in [0.05, 0.1) is 34.8 Å². The molecule has 0 amide bonds. The standard InChI is InChI=1S/C15H12N6O6S3/c1-20-15(21-2,26-27-28)10-3-11(29(22,23)13(6-16)7-17)5-12(4-10)30(24,25)14(8-18)9-19/h10-14,28H,3-5H2. The van der Waals surface area contributed by atoms with E-state index in [9.17, 15) is 16.8 Å². The molecule has 0 aromatic heterocycles. The Morgan fingerprint density at radius 2 is 1.23 bits per heavy atom. The van der Waals surface area contributed by atoms with Crippen LogP contribution in [0.5, 0.6) is 0 Å². The summed E-state index contributed by atoms with van der Waals surface area (Å²) in [5.74, 6) is -3.89. The molecule has 1 rings (SSSR count). The normalized spacial score (nSPS) is 22.0. The summed E-state index contributed by atoms with van der Waals surface area (Å²) in [5.41, 5.74) is 0. The lowest BCUT2D eigenvalue weighted by molar-refractivity contribution is -0.264. The smallest absolute Gasteiger partial charge is 0.226 e. The highest BCUT2D eigenvalue weighted by molar-refractivity contribution is 7.94. The number of thiol groups is 1. The largest absolute Gasteiger partial charge is 0.642 e. The van der Waals surface area contributed by atoms with Gasteiger partial charge in [-0.05, 0) is 19.3 Å². The van der Waals surface area contributed by atoms with Gasteiger partial charge in [0.1, 0.15) is 0 Å². The summed E-state index contributed by atoms with van der Waals surface area (Å²) in [7, 11) is -9.11. The first kappa shape index (κ1) is 25.1. The third-order valence-corrected chi connectivity index (χ3v) is 9.13. The molecule has 0 radical (unpaired) electrons. The number of hydrogen-bond acceptors (Lipinski definition) is 11. The maximum Gasteiger partial charge on any atom is 0.642 e. The number of nitriles is 4. The molecule has 1 saturated carbocycles. The second kappa shape index (κ2) is 9.74. The Morgan fingerprint density at radius 3 is 1.50 bits per heavy atom. The molecular weight excluding hydrogens is 456 g/mol. The minimum Gasteiger partial charge on any atom is -0.226 e. The van der Waals surface area contributed by atoms with E-state index < -0.39 is 71.7 Å². The van der Waals surface area contributed by atoms with Crippen LogP contribution in [0.2, 0.25) is 0 Å². The molecule has 1 fully saturated rings. The van der Waals surface area contributed by atoms with Crippen molar-refractivity contribution in [1.29, 1.82) is 21.0 Å². The summed E-state index contributed by atoms with van der Waals surface area (Å²) in [5, 5.41) is 28.4. The van der Waals surface area contributed by atoms with Gasteiger partial charge in [0.25, 0.3) is 0 Å². The molecule has 0 saturated heterocycles. The second-order valence-corrected chi connectivity index (χ2v) is 10.9. The van der Waals surface area contributed by atoms with E-state index in [1.807, 2.05) is 0 Å². The molecule has 156 valence electrons. The number of rotatable bonds is 7. The minimum atomic E-state index is -4.55. The van der Waals surface area contributed by atoms with Crippen LogP contribution < -0.4 is 0 Å². The van der Waals surface area contributed by atoms with Crippen molar-refractivity contribution in [2.75, 3.05) is 0 Å². The summed E-state index contributed by atoms with van der Waals surface area (Å²) < 4.78 is 55.0. The van der Waals surface area contributed by atoms with Crippen LogP contribution >= 0.6 is 12.9 Å². The highest BCUT2D eigenvalue weighted by Gasteiger charge is 2.62. The van der Waals surface area contributed by atoms with Gasteiger partial charge in [-0.25, -0.2) is 30.0 Å². The first-order valence-corrected chi connectivity index (χ1v) is 11.4. The molecule has 0 aromatic rings. The van der Waals surface area contributed by atoms with Gasteiger partial charge in [0.15, 0.2) is 25.6 Å². The Labute approximate surface area is 178 Å². The average Bonchev–Trinajstić information content (AvgIpc) is 2.73. The lowest BCUT2D eigenvalue weighted by Gasteiger charge is -2.33. The molecule has 0 bridgehead atoms. The van der Waals surface area contributed by atoms with Gasteiger partial charge in [-0.15, -0.1) is 0 Å². The molecular formula is C15H12N6O6S3. The van der Waals surface area contributed by atoms with Crippen LogP contribution in [0.1, 0.15) is 19.3 Å². The molecule has 0 N–H and O–H groups in total. The summed E-state index contributed by atoms with van der Waals surface area (Å²) in [4.78, 5) is 10.6. The fourth-order valence-electron chi connectivity index (χ4n) is 3.16. The molecule has 1 aliphatic carbocycles. The van der Waals surface area contributed by atoms with E-state index >= 15 is 0 Å². The third-order valence-electron chi connectivity index (χ3n) is 4.69. The lowest BCUT2D eigenvalue weighted by atomic mass is 9.84. The Balaban J connectivity index is 3.64. The van der Waals surface area contributed by atoms with Gasteiger partial charge in [0.2, 0.25) is 10.5 Å². The topological polar surface area (TPSA) is 191 Å². The second-order valence-electron chi connectivity index (χ2n) is 6.14. The van der Waals surface area contributed by atoms with Crippen molar-refractivity contribution in [2.24, 2.45) is 5.92 Å². The Morgan fingerprint density at radius 1 is 0.867 bits per heavy atom. The molecule has 0 aliphatic heterocycles. The van der Waals surface area contributed by atoms with Crippen LogP contribution in [-0.2, 0) is 28.9 Å². The van der Waals surface area contributed by atoms with Crippen LogP contribution in [0.4, 0.5) is 0 Å². The zero-order chi connectivity index (χ0) is 23.2. The van der Waals surface area contributed by atoms with Crippen molar-refractivity contribution in [3.63, 3.8) is 0 Å². The quantitative estimate of drug-likeness (QED) is 0.181. The number of sulfone groups is 2. The first-order valence-electron chi connectivity index (χ1n) is 7.84. The highest BCUT2D eigenvalue weighted by atomic mass is 32.2. The zero-order valence-corrected chi connectivity index (χ0v) is 17.4. The Hall–Kier alpha value is -2.89. The molecule has 30 heavy (non-hydrogen) atoms. The van der Waals surface area contributed by atoms with Gasteiger partial charge in [-0.2, -0.15) is 35.1 Å². The van der Waals surface area contributed by atoms with Crippen LogP contribution in [-0.4, -0.2) is 43.7 Å². The van der Waals surface area contributed by atoms with Crippen LogP contribution in [0.25, 0.3) is 9.69 Å². The van der Waals surface area contributed by atoms with Crippen LogP contribution in [0, 0.1) is 64.4 Å². The molecule has 1 aliphatic rings. The van der Waals surface area contributed by atoms with Crippen molar-refractivity contribution >= 4 is 32.6 Å². The van der Waals surface area contributed by atoms with Crippen molar-refractivity contribution in [1.82, 2.24) is 0 Å². The summed E-state index contributed by atoms with van der Waals surface area (Å²) in [6, 6.07) is 5.21. The van der Waals surface area contributed by atoms with Gasteiger partial charge in [-0.3, -0.25) is 0 Å². The lowest BCUT2D eigenvalue weighted by Crippen LogP contribution is -2.49. The summed E-state index contributed by atoms with van der Waals surface area (Å²) in [6.45, 7) is 14.5. The maximum atomic E-state index is 12.7. The molecule has 2 atom stereocenters. The van der Waals surface area contributed by atoms with E-state index in [0.29, 0.717) is 0 Å². The number of nitrogens with zero attached hydrogens (tertiary/aromatic N) is 6. The molecule has 0 heterocycles. The van der Waals surface area contributed by atoms with Crippen molar-refractivity contribution < 1.29 is 26.1 Å². The van der Waals surface area contributed by atoms with Crippen molar-refractivity contribution in [2.45, 2.75) is 46.1 Å². The van der Waals surface area contributed by atoms with E-state index in [1.54, 1.807) is 0 Å². The third kappa shape index (κ3) is 4.48. The van der Waals surface area contributed by atoms with E-state index in [0.717, 1.165) is 0 Å². The predicted molar refractivity (Wildman–Crippen MR) is 99.9 cm³/mol. The van der Waals surface area contributed by atoms with Crippen LogP contribution in [0.15, 0.2) is 0 Å². The van der Waals surface area contributed by atoms with Crippen molar-refractivity contribution in [3.8, 4) is 24.3 Å². The fourth-order valence-corrected chi connectivity index (χ4v) is 6.76. The van der Waals surface area contributed by atoms with E-state index in [-0.39, 0.29) is 0 Å². The number of hydrogen-bond donors (Lipinski definition) is 1. The van der Waals surface area contributed by atoms with Gasteiger partial charge >= 0.3 is 5.85 Å². The van der Waals surface area contributed by atoms with E-state index in [4.69, 9.17) is 34.2 Å². The monoisotopic (exact) mass is 468 g/mol. The summed E-state index contributed by atoms with van der Waals surface area (Å²) >= 11 is 3.31. The molecule has 0 aromatic carbocycles. The fraction of sp³-hybridized carbons (Fsp3) is 0.600. The zero-order valence-electron chi connectivity index (χ0n) is 14.9. The van der Waals surface area contributed by atoms with Crippen molar-refractivity contribution in [3.05, 3.63) is 22.8 Å². The summed E-state index contributed by atoms with van der Waals surface area (Å²) in [6.07, 6.45) is -1.63. The Kier molecular flexibility index (Phi) is 8.17. The average molecular weight is 468 g/mol. The minimum absolute atomic E-state index is 0.500. The predicted octanol–water partition coefficient (Wildman–Crippen LogP) is 0.470. The van der Waals surface area contributed by atoms with Gasteiger partial charge in [-0.1, -0.05) is 4.89 Å². The maximum absolute atomic E-state index is 12.7. The van der Waals surface area contributed by atoms with E-state index in [2.05, 4.69) is 31.8 Å². The van der Waals surface area contributed by atoms with Gasteiger partial charge < -0.3 is 0 Å². The highest BCUT2D eigenvalue weighted by Crippen LogP contribution is 2.43. The SMILES string of the molecule is [C-]#[N+]C([N+]#[C-])(OOS)C1CC(S(=O)(=O)C(C#N)C#N)CC(S(=O)(=O)C(C#N)C#N)C1. The Bertz CT molecular complexity index is 1030. The van der Waals surface area contributed by atoms with E-state index in [1.165, 1.54) is 24.3 Å². The van der Waals surface area contributed by atoms with Gasteiger partial charge in [0, 0.05) is 12.9 Å². The first-order chi connectivity index (χ1) is 14.0.